The largest absolute Gasteiger partial charge is 0.482 e. The fourth-order valence-electron chi connectivity index (χ4n) is 1.98. The molecule has 0 unspecified atom stereocenters. The molecule has 1 aromatic carbocycles. The van der Waals surface area contributed by atoms with Crippen molar-refractivity contribution in [2.75, 3.05) is 18.5 Å². The Labute approximate surface area is 123 Å². The van der Waals surface area contributed by atoms with Gasteiger partial charge in [-0.25, -0.2) is 13.1 Å². The van der Waals surface area contributed by atoms with E-state index in [1.807, 2.05) is 0 Å². The molecule has 0 aliphatic carbocycles. The highest BCUT2D eigenvalue weighted by Gasteiger charge is 2.27. The molecule has 3 N–H and O–H groups in total. The van der Waals surface area contributed by atoms with Crippen molar-refractivity contribution in [2.45, 2.75) is 30.7 Å². The molecule has 1 aliphatic heterocycles. The Morgan fingerprint density at radius 1 is 1.43 bits per heavy atom. The molecule has 0 radical (unpaired) electrons. The molecule has 0 bridgehead atoms. The average Bonchev–Trinajstić information content (AvgIpc) is 2.36. The number of carbonyl (C=O) groups is 1. The van der Waals surface area contributed by atoms with Gasteiger partial charge < -0.3 is 15.2 Å². The first kappa shape index (κ1) is 15.7. The molecule has 0 spiro atoms. The molecule has 1 heterocycles. The Hall–Kier alpha value is -1.64. The van der Waals surface area contributed by atoms with Crippen molar-refractivity contribution in [3.8, 4) is 5.75 Å². The highest BCUT2D eigenvalue weighted by atomic mass is 32.2. The molecule has 0 saturated carbocycles. The van der Waals surface area contributed by atoms with Crippen LogP contribution in [0.2, 0.25) is 0 Å². The summed E-state index contributed by atoms with van der Waals surface area (Å²) in [6.07, 6.45) is 0.289. The van der Waals surface area contributed by atoms with Crippen LogP contribution in [-0.2, 0) is 14.8 Å². The molecule has 1 amide bonds. The molecule has 0 saturated heterocycles. The molecular formula is C13H18N2O5S. The maximum atomic E-state index is 12.3. The Morgan fingerprint density at radius 3 is 2.81 bits per heavy atom. The Kier molecular flexibility index (Phi) is 4.22. The summed E-state index contributed by atoms with van der Waals surface area (Å²) in [4.78, 5) is 11.3. The van der Waals surface area contributed by atoms with E-state index in [1.54, 1.807) is 13.8 Å². The molecular weight excluding hydrogens is 296 g/mol. The van der Waals surface area contributed by atoms with E-state index < -0.39 is 15.6 Å². The van der Waals surface area contributed by atoms with Crippen LogP contribution >= 0.6 is 0 Å². The van der Waals surface area contributed by atoms with Gasteiger partial charge in [0.1, 0.15) is 5.75 Å². The summed E-state index contributed by atoms with van der Waals surface area (Å²) < 4.78 is 32.4. The van der Waals surface area contributed by atoms with Gasteiger partial charge in [0.25, 0.3) is 5.91 Å². The van der Waals surface area contributed by atoms with Crippen molar-refractivity contribution in [3.05, 3.63) is 18.2 Å². The second-order valence-electron chi connectivity index (χ2n) is 5.46. The van der Waals surface area contributed by atoms with Crippen molar-refractivity contribution >= 4 is 21.6 Å². The molecule has 8 heteroatoms. The van der Waals surface area contributed by atoms with E-state index >= 15 is 0 Å². The summed E-state index contributed by atoms with van der Waals surface area (Å²) in [5, 5.41) is 11.5. The highest BCUT2D eigenvalue weighted by Crippen LogP contribution is 2.30. The second-order valence-corrected chi connectivity index (χ2v) is 7.14. The normalized spacial score (nSPS) is 15.1. The average molecular weight is 314 g/mol. The van der Waals surface area contributed by atoms with Gasteiger partial charge in [-0.1, -0.05) is 0 Å². The highest BCUT2D eigenvalue weighted by molar-refractivity contribution is 7.89. The first-order valence-corrected chi connectivity index (χ1v) is 7.93. The number of aliphatic hydroxyl groups excluding tert-OH is 1. The maximum Gasteiger partial charge on any atom is 0.262 e. The third-order valence-corrected chi connectivity index (χ3v) is 4.74. The number of carbonyl (C=O) groups excluding carboxylic acids is 1. The van der Waals surface area contributed by atoms with Gasteiger partial charge in [-0.2, -0.15) is 0 Å². The lowest BCUT2D eigenvalue weighted by Gasteiger charge is -2.25. The predicted octanol–water partition coefficient (Wildman–Crippen LogP) is 0.457. The van der Waals surface area contributed by atoms with Crippen LogP contribution in [-0.4, -0.2) is 38.2 Å². The fourth-order valence-corrected chi connectivity index (χ4v) is 3.45. The zero-order valence-corrected chi connectivity index (χ0v) is 12.7. The number of hydrogen-bond donors (Lipinski definition) is 3. The number of hydrogen-bond acceptors (Lipinski definition) is 5. The Morgan fingerprint density at radius 2 is 2.14 bits per heavy atom. The van der Waals surface area contributed by atoms with Gasteiger partial charge in [0.2, 0.25) is 10.0 Å². The van der Waals surface area contributed by atoms with Gasteiger partial charge in [0.05, 0.1) is 10.6 Å². The van der Waals surface area contributed by atoms with Crippen molar-refractivity contribution in [3.63, 3.8) is 0 Å². The summed E-state index contributed by atoms with van der Waals surface area (Å²) in [5.74, 6) is 0.105. The number of nitrogens with one attached hydrogen (secondary N) is 2. The van der Waals surface area contributed by atoms with Gasteiger partial charge in [-0.15, -0.1) is 0 Å². The Balaban J connectivity index is 2.29. The van der Waals surface area contributed by atoms with Gasteiger partial charge >= 0.3 is 0 Å². The topological polar surface area (TPSA) is 105 Å². The zero-order valence-electron chi connectivity index (χ0n) is 11.8. The lowest BCUT2D eigenvalue weighted by Crippen LogP contribution is -2.43. The van der Waals surface area contributed by atoms with Crippen LogP contribution in [0.3, 0.4) is 0 Å². The van der Waals surface area contributed by atoms with Crippen LogP contribution in [0, 0.1) is 0 Å². The first-order valence-electron chi connectivity index (χ1n) is 6.45. The summed E-state index contributed by atoms with van der Waals surface area (Å²) in [6, 6.07) is 4.26. The lowest BCUT2D eigenvalue weighted by atomic mass is 10.0. The minimum absolute atomic E-state index is 0.0260. The van der Waals surface area contributed by atoms with Crippen LogP contribution < -0.4 is 14.8 Å². The van der Waals surface area contributed by atoms with Crippen molar-refractivity contribution in [1.82, 2.24) is 4.72 Å². The van der Waals surface area contributed by atoms with Gasteiger partial charge in [0, 0.05) is 12.1 Å². The molecule has 0 fully saturated rings. The minimum Gasteiger partial charge on any atom is -0.482 e. The third-order valence-electron chi connectivity index (χ3n) is 3.04. The molecule has 0 aromatic heterocycles. The monoisotopic (exact) mass is 314 g/mol. The smallest absolute Gasteiger partial charge is 0.262 e. The standard InChI is InChI=1S/C13H18N2O5S/c1-13(2,5-6-16)15-21(18,19)9-3-4-11-10(7-9)14-12(17)8-20-11/h3-4,7,15-16H,5-6,8H2,1-2H3,(H,14,17). The number of fused-ring (bicyclic) bond motifs is 1. The number of rotatable bonds is 5. The van der Waals surface area contributed by atoms with Crippen LogP contribution in [0.25, 0.3) is 0 Å². The van der Waals surface area contributed by atoms with E-state index in [1.165, 1.54) is 18.2 Å². The SMILES string of the molecule is CC(C)(CCO)NS(=O)(=O)c1ccc2c(c1)NC(=O)CO2. The van der Waals surface area contributed by atoms with Crippen molar-refractivity contribution in [1.29, 1.82) is 0 Å². The third kappa shape index (κ3) is 3.72. The molecule has 2 rings (SSSR count). The molecule has 1 aliphatic rings. The van der Waals surface area contributed by atoms with Crippen LogP contribution in [0.5, 0.6) is 5.75 Å². The van der Waals surface area contributed by atoms with E-state index in [2.05, 4.69) is 10.0 Å². The molecule has 116 valence electrons. The number of aliphatic hydroxyl groups is 1. The maximum absolute atomic E-state index is 12.3. The number of benzene rings is 1. The number of ether oxygens (including phenoxy) is 1. The zero-order chi connectivity index (χ0) is 15.7. The summed E-state index contributed by atoms with van der Waals surface area (Å²) in [5.41, 5.74) is -0.447. The molecule has 7 nitrogen and oxygen atoms in total. The van der Waals surface area contributed by atoms with E-state index in [-0.39, 0.29) is 30.4 Å². The van der Waals surface area contributed by atoms with Crippen LogP contribution in [0.4, 0.5) is 5.69 Å². The Bertz CT molecular complexity index is 655. The van der Waals surface area contributed by atoms with E-state index in [9.17, 15) is 13.2 Å². The molecule has 1 aromatic rings. The van der Waals surface area contributed by atoms with E-state index in [4.69, 9.17) is 9.84 Å². The predicted molar refractivity (Wildman–Crippen MR) is 76.7 cm³/mol. The van der Waals surface area contributed by atoms with Gasteiger partial charge in [-0.05, 0) is 38.5 Å². The lowest BCUT2D eigenvalue weighted by molar-refractivity contribution is -0.118. The first-order chi connectivity index (χ1) is 9.73. The fraction of sp³-hybridized carbons (Fsp3) is 0.462. The van der Waals surface area contributed by atoms with E-state index in [0.717, 1.165) is 0 Å². The molecule has 0 atom stereocenters. The van der Waals surface area contributed by atoms with E-state index in [0.29, 0.717) is 11.4 Å². The number of anilines is 1. The second kappa shape index (κ2) is 5.63. The van der Waals surface area contributed by atoms with Crippen molar-refractivity contribution < 1.29 is 23.1 Å². The number of sulfonamides is 1. The summed E-state index contributed by atoms with van der Waals surface area (Å²) in [6.45, 7) is 3.17. The van der Waals surface area contributed by atoms with Gasteiger partial charge in [-0.3, -0.25) is 4.79 Å². The van der Waals surface area contributed by atoms with Crippen LogP contribution in [0.15, 0.2) is 23.1 Å². The van der Waals surface area contributed by atoms with Gasteiger partial charge in [0.15, 0.2) is 6.61 Å². The van der Waals surface area contributed by atoms with Crippen LogP contribution in [0.1, 0.15) is 20.3 Å². The summed E-state index contributed by atoms with van der Waals surface area (Å²) in [7, 11) is -3.76. The van der Waals surface area contributed by atoms with Crippen molar-refractivity contribution in [2.24, 2.45) is 0 Å². The number of amides is 1. The minimum atomic E-state index is -3.76. The quantitative estimate of drug-likeness (QED) is 0.732. The molecule has 21 heavy (non-hydrogen) atoms. The summed E-state index contributed by atoms with van der Waals surface area (Å²) >= 11 is 0.